The summed E-state index contributed by atoms with van der Waals surface area (Å²) in [7, 11) is 0. The molecule has 0 aliphatic rings. The summed E-state index contributed by atoms with van der Waals surface area (Å²) in [4.78, 5) is 4.01. The van der Waals surface area contributed by atoms with Gasteiger partial charge in [0.1, 0.15) is 6.07 Å². The minimum Gasteiger partial charge on any atom is -0.396 e. The molecule has 1 rings (SSSR count). The molecule has 1 unspecified atom stereocenters. The van der Waals surface area contributed by atoms with E-state index in [1.54, 1.807) is 18.5 Å². The highest BCUT2D eigenvalue weighted by atomic mass is 16.3. The van der Waals surface area contributed by atoms with Crippen molar-refractivity contribution in [2.75, 3.05) is 11.9 Å². The molecule has 17 heavy (non-hydrogen) atoms. The summed E-state index contributed by atoms with van der Waals surface area (Å²) in [5.41, 5.74) is 1.31. The van der Waals surface area contributed by atoms with E-state index in [2.05, 4.69) is 37.1 Å². The maximum atomic E-state index is 9.08. The molecule has 1 heterocycles. The van der Waals surface area contributed by atoms with Crippen molar-refractivity contribution in [3.05, 3.63) is 24.0 Å². The van der Waals surface area contributed by atoms with Crippen LogP contribution in [-0.4, -0.2) is 22.7 Å². The fourth-order valence-corrected chi connectivity index (χ4v) is 1.65. The molecule has 1 atom stereocenters. The molecule has 1 aromatic heterocycles. The summed E-state index contributed by atoms with van der Waals surface area (Å²) < 4.78 is 0. The van der Waals surface area contributed by atoms with E-state index in [0.29, 0.717) is 12.0 Å². The Morgan fingerprint density at radius 3 is 2.76 bits per heavy atom. The van der Waals surface area contributed by atoms with Crippen LogP contribution in [0.4, 0.5) is 5.69 Å². The number of hydrogen-bond donors (Lipinski definition) is 2. The van der Waals surface area contributed by atoms with Gasteiger partial charge in [0.15, 0.2) is 0 Å². The van der Waals surface area contributed by atoms with E-state index in [4.69, 9.17) is 10.4 Å². The van der Waals surface area contributed by atoms with Gasteiger partial charge in [0, 0.05) is 18.8 Å². The second kappa shape index (κ2) is 5.65. The first-order chi connectivity index (χ1) is 7.99. The Labute approximate surface area is 102 Å². The predicted octanol–water partition coefficient (Wildman–Crippen LogP) is 2.16. The van der Waals surface area contributed by atoms with Gasteiger partial charge in [-0.25, -0.2) is 0 Å². The molecule has 0 amide bonds. The van der Waals surface area contributed by atoms with Crippen LogP contribution in [0.1, 0.15) is 32.8 Å². The molecule has 0 spiro atoms. The van der Waals surface area contributed by atoms with Crippen LogP contribution < -0.4 is 5.32 Å². The van der Waals surface area contributed by atoms with Crippen LogP contribution in [0.3, 0.4) is 0 Å². The Morgan fingerprint density at radius 1 is 1.53 bits per heavy atom. The van der Waals surface area contributed by atoms with Gasteiger partial charge in [0.05, 0.1) is 17.4 Å². The number of hydrogen-bond acceptors (Lipinski definition) is 4. The molecule has 0 aliphatic carbocycles. The summed E-state index contributed by atoms with van der Waals surface area (Å²) in [5.74, 6) is 0. The van der Waals surface area contributed by atoms with Gasteiger partial charge in [-0.15, -0.1) is 0 Å². The second-order valence-corrected chi connectivity index (χ2v) is 5.11. The number of aromatic nitrogens is 1. The molecule has 92 valence electrons. The average molecular weight is 233 g/mol. The Hall–Kier alpha value is -1.60. The van der Waals surface area contributed by atoms with Gasteiger partial charge in [-0.1, -0.05) is 20.8 Å². The number of nitrogens with one attached hydrogen (secondary N) is 1. The van der Waals surface area contributed by atoms with E-state index in [-0.39, 0.29) is 18.1 Å². The van der Waals surface area contributed by atoms with Crippen molar-refractivity contribution in [3.63, 3.8) is 0 Å². The Kier molecular flexibility index (Phi) is 4.47. The van der Waals surface area contributed by atoms with Gasteiger partial charge in [-0.3, -0.25) is 4.98 Å². The quantitative estimate of drug-likeness (QED) is 0.836. The number of pyridine rings is 1. The van der Waals surface area contributed by atoms with Crippen LogP contribution in [0.2, 0.25) is 0 Å². The van der Waals surface area contributed by atoms with Gasteiger partial charge in [-0.2, -0.15) is 5.26 Å². The maximum absolute atomic E-state index is 9.08. The highest BCUT2D eigenvalue weighted by Crippen LogP contribution is 2.26. The van der Waals surface area contributed by atoms with Gasteiger partial charge < -0.3 is 10.4 Å². The van der Waals surface area contributed by atoms with Crippen LogP contribution in [-0.2, 0) is 0 Å². The monoisotopic (exact) mass is 233 g/mol. The van der Waals surface area contributed by atoms with E-state index in [0.717, 1.165) is 5.69 Å². The third-order valence-corrected chi connectivity index (χ3v) is 2.73. The molecule has 4 nitrogen and oxygen atoms in total. The van der Waals surface area contributed by atoms with Crippen LogP contribution in [0, 0.1) is 16.7 Å². The van der Waals surface area contributed by atoms with Crippen molar-refractivity contribution in [2.24, 2.45) is 5.41 Å². The normalized spacial score (nSPS) is 12.9. The smallest absolute Gasteiger partial charge is 0.101 e. The highest BCUT2D eigenvalue weighted by Gasteiger charge is 2.24. The summed E-state index contributed by atoms with van der Waals surface area (Å²) in [5, 5.41) is 21.4. The molecule has 4 heteroatoms. The van der Waals surface area contributed by atoms with Gasteiger partial charge in [0.2, 0.25) is 0 Å². The van der Waals surface area contributed by atoms with Crippen molar-refractivity contribution >= 4 is 5.69 Å². The molecule has 2 N–H and O–H groups in total. The molecule has 0 radical (unpaired) electrons. The van der Waals surface area contributed by atoms with Crippen molar-refractivity contribution in [1.82, 2.24) is 4.98 Å². The molecular formula is C13H19N3O. The topological polar surface area (TPSA) is 68.9 Å². The van der Waals surface area contributed by atoms with Crippen molar-refractivity contribution in [2.45, 2.75) is 33.2 Å². The lowest BCUT2D eigenvalue weighted by molar-refractivity contribution is 0.235. The first kappa shape index (κ1) is 13.5. The van der Waals surface area contributed by atoms with E-state index in [1.165, 1.54) is 0 Å². The van der Waals surface area contributed by atoms with Crippen molar-refractivity contribution in [1.29, 1.82) is 5.26 Å². The lowest BCUT2D eigenvalue weighted by Crippen LogP contribution is -2.35. The van der Waals surface area contributed by atoms with E-state index >= 15 is 0 Å². The molecule has 0 aromatic carbocycles. The van der Waals surface area contributed by atoms with Gasteiger partial charge in [0.25, 0.3) is 0 Å². The SMILES string of the molecule is CC(C)(C)C(CCO)Nc1cnccc1C#N. The van der Waals surface area contributed by atoms with Gasteiger partial charge >= 0.3 is 0 Å². The number of nitrogens with zero attached hydrogens (tertiary/aromatic N) is 2. The maximum Gasteiger partial charge on any atom is 0.101 e. The fraction of sp³-hybridized carbons (Fsp3) is 0.538. The first-order valence-corrected chi connectivity index (χ1v) is 5.70. The standard InChI is InChI=1S/C13H19N3O/c1-13(2,3)12(5-7-17)16-11-9-15-6-4-10(11)8-14/h4,6,9,12,16-17H,5,7H2,1-3H3. The van der Waals surface area contributed by atoms with E-state index < -0.39 is 0 Å². The third kappa shape index (κ3) is 3.72. The minimum absolute atomic E-state index is 0.00526. The average Bonchev–Trinajstić information content (AvgIpc) is 2.28. The number of nitriles is 1. The zero-order chi connectivity index (χ0) is 12.9. The molecule has 1 aromatic rings. The van der Waals surface area contributed by atoms with Crippen molar-refractivity contribution in [3.8, 4) is 6.07 Å². The first-order valence-electron chi connectivity index (χ1n) is 5.70. The number of aliphatic hydroxyl groups excluding tert-OH is 1. The number of aliphatic hydroxyl groups is 1. The van der Waals surface area contributed by atoms with Crippen LogP contribution in [0.15, 0.2) is 18.5 Å². The Bertz CT molecular complexity index is 404. The fourth-order valence-electron chi connectivity index (χ4n) is 1.65. The molecule has 0 aliphatic heterocycles. The van der Waals surface area contributed by atoms with E-state index in [1.807, 2.05) is 0 Å². The van der Waals surface area contributed by atoms with Crippen LogP contribution >= 0.6 is 0 Å². The van der Waals surface area contributed by atoms with Crippen LogP contribution in [0.5, 0.6) is 0 Å². The molecule has 0 fully saturated rings. The van der Waals surface area contributed by atoms with Crippen molar-refractivity contribution < 1.29 is 5.11 Å². The highest BCUT2D eigenvalue weighted by molar-refractivity contribution is 5.56. The molecule has 0 saturated heterocycles. The molecular weight excluding hydrogens is 214 g/mol. The van der Waals surface area contributed by atoms with Crippen LogP contribution in [0.25, 0.3) is 0 Å². The lowest BCUT2D eigenvalue weighted by Gasteiger charge is -2.32. The summed E-state index contributed by atoms with van der Waals surface area (Å²) >= 11 is 0. The zero-order valence-corrected chi connectivity index (χ0v) is 10.6. The minimum atomic E-state index is 0.00526. The Morgan fingerprint density at radius 2 is 2.24 bits per heavy atom. The summed E-state index contributed by atoms with van der Waals surface area (Å²) in [6, 6.07) is 3.91. The third-order valence-electron chi connectivity index (χ3n) is 2.73. The number of anilines is 1. The second-order valence-electron chi connectivity index (χ2n) is 5.11. The lowest BCUT2D eigenvalue weighted by atomic mass is 9.84. The Balaban J connectivity index is 2.91. The zero-order valence-electron chi connectivity index (χ0n) is 10.6. The number of rotatable bonds is 4. The summed E-state index contributed by atoms with van der Waals surface area (Å²) in [6.07, 6.45) is 3.89. The predicted molar refractivity (Wildman–Crippen MR) is 67.5 cm³/mol. The largest absolute Gasteiger partial charge is 0.396 e. The molecule has 0 bridgehead atoms. The summed E-state index contributed by atoms with van der Waals surface area (Å²) in [6.45, 7) is 6.42. The molecule has 0 saturated carbocycles. The van der Waals surface area contributed by atoms with Gasteiger partial charge in [-0.05, 0) is 17.9 Å². The van der Waals surface area contributed by atoms with E-state index in [9.17, 15) is 0 Å².